The van der Waals surface area contributed by atoms with Gasteiger partial charge in [0.15, 0.2) is 11.6 Å². The Morgan fingerprint density at radius 2 is 1.96 bits per heavy atom. The summed E-state index contributed by atoms with van der Waals surface area (Å²) in [6.07, 6.45) is 1.07. The molecular formula is C18H22N6O3. The predicted octanol–water partition coefficient (Wildman–Crippen LogP) is 2.30. The van der Waals surface area contributed by atoms with Gasteiger partial charge in [0.05, 0.1) is 0 Å². The Labute approximate surface area is 156 Å². The van der Waals surface area contributed by atoms with Crippen LogP contribution in [0.15, 0.2) is 39.4 Å². The summed E-state index contributed by atoms with van der Waals surface area (Å²) in [6, 6.07) is 9.36. The number of carbonyl (C=O) groups excluding carboxylic acids is 1. The van der Waals surface area contributed by atoms with Crippen LogP contribution in [-0.2, 0) is 12.8 Å². The summed E-state index contributed by atoms with van der Waals surface area (Å²) in [7, 11) is 1.67. The third kappa shape index (κ3) is 4.90. The molecule has 142 valence electrons. The lowest BCUT2D eigenvalue weighted by molar-refractivity contribution is 0.181. The van der Waals surface area contributed by atoms with Crippen LogP contribution in [0, 0.1) is 6.92 Å². The Hall–Kier alpha value is -3.23. The van der Waals surface area contributed by atoms with Gasteiger partial charge in [0.25, 0.3) is 0 Å². The zero-order valence-electron chi connectivity index (χ0n) is 15.5. The van der Waals surface area contributed by atoms with E-state index < -0.39 is 0 Å². The van der Waals surface area contributed by atoms with Gasteiger partial charge in [-0.3, -0.25) is 0 Å². The van der Waals surface area contributed by atoms with Gasteiger partial charge in [-0.15, -0.1) is 0 Å². The summed E-state index contributed by atoms with van der Waals surface area (Å²) >= 11 is 0. The van der Waals surface area contributed by atoms with Crippen LogP contribution in [0.25, 0.3) is 0 Å². The van der Waals surface area contributed by atoms with E-state index in [1.807, 2.05) is 37.3 Å². The Kier molecular flexibility index (Phi) is 5.80. The first-order valence-corrected chi connectivity index (χ1v) is 8.69. The molecule has 0 fully saturated rings. The van der Waals surface area contributed by atoms with E-state index >= 15 is 0 Å². The average Bonchev–Trinajstić information content (AvgIpc) is 3.30. The minimum Gasteiger partial charge on any atom is -0.339 e. The van der Waals surface area contributed by atoms with Crippen molar-refractivity contribution in [3.63, 3.8) is 0 Å². The second-order valence-electron chi connectivity index (χ2n) is 6.22. The fraction of sp³-hybridized carbons (Fsp3) is 0.389. The highest BCUT2D eigenvalue weighted by Gasteiger charge is 2.22. The number of hydrogen-bond donors (Lipinski definition) is 1. The van der Waals surface area contributed by atoms with Crippen LogP contribution >= 0.6 is 0 Å². The van der Waals surface area contributed by atoms with E-state index in [0.29, 0.717) is 42.8 Å². The number of hydrogen-bond acceptors (Lipinski definition) is 7. The molecular weight excluding hydrogens is 348 g/mol. The molecule has 0 unspecified atom stereocenters. The first kappa shape index (κ1) is 18.6. The van der Waals surface area contributed by atoms with Crippen molar-refractivity contribution >= 4 is 6.03 Å². The lowest BCUT2D eigenvalue weighted by Crippen LogP contribution is -2.39. The van der Waals surface area contributed by atoms with Gasteiger partial charge in [-0.25, -0.2) is 4.79 Å². The minimum atomic E-state index is -0.327. The van der Waals surface area contributed by atoms with Gasteiger partial charge in [-0.2, -0.15) is 9.97 Å². The Balaban J connectivity index is 1.46. The van der Waals surface area contributed by atoms with Gasteiger partial charge >= 0.3 is 6.03 Å². The largest absolute Gasteiger partial charge is 0.339 e. The number of amides is 2. The van der Waals surface area contributed by atoms with Crippen molar-refractivity contribution in [3.05, 3.63) is 59.3 Å². The van der Waals surface area contributed by atoms with Crippen molar-refractivity contribution in [1.29, 1.82) is 0 Å². The number of nitrogens with zero attached hydrogens (tertiary/aromatic N) is 5. The summed E-state index contributed by atoms with van der Waals surface area (Å²) < 4.78 is 10.3. The highest BCUT2D eigenvalue weighted by molar-refractivity contribution is 5.74. The molecule has 9 nitrogen and oxygen atoms in total. The van der Waals surface area contributed by atoms with Crippen LogP contribution < -0.4 is 5.32 Å². The third-order valence-electron chi connectivity index (χ3n) is 4.13. The maximum Gasteiger partial charge on any atom is 0.317 e. The summed E-state index contributed by atoms with van der Waals surface area (Å²) in [5, 5.41) is 10.5. The smallest absolute Gasteiger partial charge is 0.317 e. The maximum absolute atomic E-state index is 12.3. The molecule has 27 heavy (non-hydrogen) atoms. The lowest BCUT2D eigenvalue weighted by Gasteiger charge is -2.22. The van der Waals surface area contributed by atoms with E-state index in [0.717, 1.165) is 5.56 Å². The summed E-state index contributed by atoms with van der Waals surface area (Å²) in [5.41, 5.74) is 1.12. The van der Waals surface area contributed by atoms with Crippen LogP contribution in [-0.4, -0.2) is 44.8 Å². The van der Waals surface area contributed by atoms with Crippen LogP contribution in [0.1, 0.15) is 42.0 Å². The molecule has 0 saturated heterocycles. The molecule has 0 aliphatic heterocycles. The molecule has 0 aliphatic carbocycles. The van der Waals surface area contributed by atoms with Crippen molar-refractivity contribution in [1.82, 2.24) is 30.5 Å². The van der Waals surface area contributed by atoms with Gasteiger partial charge in [0.1, 0.15) is 6.04 Å². The minimum absolute atomic E-state index is 0.248. The molecule has 2 amide bonds. The van der Waals surface area contributed by atoms with Gasteiger partial charge in [0.2, 0.25) is 11.8 Å². The molecule has 2 heterocycles. The summed E-state index contributed by atoms with van der Waals surface area (Å²) in [5.74, 6) is 2.05. The van der Waals surface area contributed by atoms with Gasteiger partial charge in [-0.1, -0.05) is 40.6 Å². The van der Waals surface area contributed by atoms with E-state index in [4.69, 9.17) is 9.05 Å². The predicted molar refractivity (Wildman–Crippen MR) is 95.9 cm³/mol. The topological polar surface area (TPSA) is 110 Å². The molecule has 9 heteroatoms. The fourth-order valence-electron chi connectivity index (χ4n) is 2.47. The Morgan fingerprint density at radius 3 is 2.67 bits per heavy atom. The zero-order chi connectivity index (χ0) is 19.2. The molecule has 1 atom stereocenters. The van der Waals surface area contributed by atoms with Gasteiger partial charge < -0.3 is 19.3 Å². The quantitative estimate of drug-likeness (QED) is 0.679. The van der Waals surface area contributed by atoms with E-state index in [1.165, 1.54) is 4.90 Å². The lowest BCUT2D eigenvalue weighted by atomic mass is 10.1. The number of rotatable bonds is 7. The Bertz CT molecular complexity index is 876. The van der Waals surface area contributed by atoms with Crippen LogP contribution in [0.3, 0.4) is 0 Å². The zero-order valence-corrected chi connectivity index (χ0v) is 15.5. The van der Waals surface area contributed by atoms with E-state index in [2.05, 4.69) is 25.6 Å². The highest BCUT2D eigenvalue weighted by Crippen LogP contribution is 2.16. The number of carbonyl (C=O) groups is 1. The number of aryl methyl sites for hydroxylation is 1. The third-order valence-corrected chi connectivity index (χ3v) is 4.13. The average molecular weight is 370 g/mol. The molecule has 2 aromatic heterocycles. The van der Waals surface area contributed by atoms with Crippen LogP contribution in [0.2, 0.25) is 0 Å². The molecule has 3 rings (SSSR count). The van der Waals surface area contributed by atoms with Crippen LogP contribution in [0.4, 0.5) is 4.79 Å². The normalized spacial score (nSPS) is 12.0. The van der Waals surface area contributed by atoms with Crippen molar-refractivity contribution in [2.45, 2.75) is 32.7 Å². The Morgan fingerprint density at radius 1 is 1.19 bits per heavy atom. The second-order valence-corrected chi connectivity index (χ2v) is 6.22. The van der Waals surface area contributed by atoms with Crippen LogP contribution in [0.5, 0.6) is 0 Å². The second kappa shape index (κ2) is 8.43. The molecule has 1 N–H and O–H groups in total. The first-order chi connectivity index (χ1) is 13.0. The standard InChI is InChI=1S/C18H22N6O3/c1-12(17-20-13(2)22-27-17)24(3)18(25)19-10-9-16-21-15(23-26-16)11-14-7-5-4-6-8-14/h4-8,12H,9-11H2,1-3H3,(H,19,25)/t12-/m0/s1. The molecule has 0 bridgehead atoms. The number of nitrogens with one attached hydrogen (secondary N) is 1. The molecule has 3 aromatic rings. The van der Waals surface area contributed by atoms with E-state index in [9.17, 15) is 4.79 Å². The molecule has 0 spiro atoms. The SMILES string of the molecule is Cc1noc([C@H](C)N(C)C(=O)NCCc2nc(Cc3ccccc3)no2)n1. The fourth-order valence-corrected chi connectivity index (χ4v) is 2.47. The molecule has 1 aromatic carbocycles. The van der Waals surface area contributed by atoms with E-state index in [1.54, 1.807) is 14.0 Å². The number of urea groups is 1. The van der Waals surface area contributed by atoms with Crippen molar-refractivity contribution in [2.24, 2.45) is 0 Å². The van der Waals surface area contributed by atoms with E-state index in [-0.39, 0.29) is 12.1 Å². The molecule has 0 aliphatic rings. The number of benzene rings is 1. The van der Waals surface area contributed by atoms with Crippen molar-refractivity contribution < 1.29 is 13.8 Å². The number of aromatic nitrogens is 4. The summed E-state index contributed by atoms with van der Waals surface area (Å²) in [4.78, 5) is 22.3. The molecule has 0 radical (unpaired) electrons. The molecule has 0 saturated carbocycles. The monoisotopic (exact) mass is 370 g/mol. The van der Waals surface area contributed by atoms with Crippen molar-refractivity contribution in [3.8, 4) is 0 Å². The highest BCUT2D eigenvalue weighted by atomic mass is 16.5. The maximum atomic E-state index is 12.3. The van der Waals surface area contributed by atoms with Gasteiger partial charge in [-0.05, 0) is 19.4 Å². The van der Waals surface area contributed by atoms with Crippen molar-refractivity contribution in [2.75, 3.05) is 13.6 Å². The van der Waals surface area contributed by atoms with Gasteiger partial charge in [0, 0.05) is 26.4 Å². The first-order valence-electron chi connectivity index (χ1n) is 8.69. The summed E-state index contributed by atoms with van der Waals surface area (Å²) in [6.45, 7) is 3.93.